The van der Waals surface area contributed by atoms with Crippen LogP contribution in [0, 0.1) is 0 Å². The number of rotatable bonds is 8. The molecule has 0 bridgehead atoms. The summed E-state index contributed by atoms with van der Waals surface area (Å²) in [4.78, 5) is 10.8. The zero-order valence-corrected chi connectivity index (χ0v) is 39.5. The fourth-order valence-electron chi connectivity index (χ4n) is 11.4. The average molecular weight is 920 g/mol. The van der Waals surface area contributed by atoms with Crippen LogP contribution in [0.2, 0.25) is 0 Å². The van der Waals surface area contributed by atoms with Crippen LogP contribution in [0.25, 0.3) is 139 Å². The molecule has 0 unspecified atom stereocenters. The van der Waals surface area contributed by atoms with Gasteiger partial charge in [0.1, 0.15) is 0 Å². The minimum Gasteiger partial charge on any atom is -0.309 e. The van der Waals surface area contributed by atoms with Crippen molar-refractivity contribution in [3.05, 3.63) is 248 Å². The van der Waals surface area contributed by atoms with E-state index in [4.69, 9.17) is 9.97 Å². The Hall–Kier alpha value is -9.58. The molecule has 4 heterocycles. The fraction of sp³-hybridized carbons (Fsp3) is 0.0149. The summed E-state index contributed by atoms with van der Waals surface area (Å²) < 4.78 is 7.10. The van der Waals surface area contributed by atoms with Gasteiger partial charge in [0.05, 0.1) is 44.5 Å². The van der Waals surface area contributed by atoms with Crippen molar-refractivity contribution < 1.29 is 0 Å². The molecule has 5 nitrogen and oxygen atoms in total. The molecule has 4 aromatic heterocycles. The van der Waals surface area contributed by atoms with Crippen molar-refractivity contribution in [1.82, 2.24) is 23.7 Å². The van der Waals surface area contributed by atoms with Crippen molar-refractivity contribution in [2.45, 2.75) is 6.92 Å². The smallest absolute Gasteiger partial charge is 0.235 e. The van der Waals surface area contributed by atoms with Crippen molar-refractivity contribution in [3.8, 4) is 50.8 Å². The monoisotopic (exact) mass is 919 g/mol. The lowest BCUT2D eigenvalue weighted by molar-refractivity contribution is 1.01. The largest absolute Gasteiger partial charge is 0.309 e. The highest BCUT2D eigenvalue weighted by Crippen LogP contribution is 2.44. The minimum absolute atomic E-state index is 0.634. The fourth-order valence-corrected chi connectivity index (χ4v) is 11.4. The summed E-state index contributed by atoms with van der Waals surface area (Å²) in [5.74, 6) is 0.634. The van der Waals surface area contributed by atoms with Crippen LogP contribution in [0.5, 0.6) is 0 Å². The molecule has 0 aliphatic carbocycles. The second-order valence-electron chi connectivity index (χ2n) is 18.5. The van der Waals surface area contributed by atoms with Gasteiger partial charge in [-0.1, -0.05) is 176 Å². The molecule has 0 radical (unpaired) electrons. The molecule has 72 heavy (non-hydrogen) atoms. The summed E-state index contributed by atoms with van der Waals surface area (Å²) in [6.07, 6.45) is 6.40. The zero-order chi connectivity index (χ0) is 47.9. The van der Waals surface area contributed by atoms with E-state index in [1.54, 1.807) is 0 Å². The van der Waals surface area contributed by atoms with Crippen LogP contribution in [-0.2, 0) is 0 Å². The van der Waals surface area contributed by atoms with Gasteiger partial charge in [-0.15, -0.1) is 0 Å². The summed E-state index contributed by atoms with van der Waals surface area (Å²) in [6, 6.07) is 80.6. The Morgan fingerprint density at radius 3 is 1.71 bits per heavy atom. The highest BCUT2D eigenvalue weighted by atomic mass is 15.2. The first kappa shape index (κ1) is 41.4. The zero-order valence-electron chi connectivity index (χ0n) is 39.5. The Morgan fingerprint density at radius 1 is 0.403 bits per heavy atom. The van der Waals surface area contributed by atoms with E-state index in [1.807, 2.05) is 6.08 Å². The highest BCUT2D eigenvalue weighted by Gasteiger charge is 2.24. The third-order valence-electron chi connectivity index (χ3n) is 14.5. The predicted octanol–water partition coefficient (Wildman–Crippen LogP) is 17.6. The molecule has 338 valence electrons. The van der Waals surface area contributed by atoms with Crippen molar-refractivity contribution in [3.63, 3.8) is 0 Å². The van der Waals surface area contributed by atoms with Crippen molar-refractivity contribution in [2.75, 3.05) is 0 Å². The molecule has 0 atom stereocenters. The van der Waals surface area contributed by atoms with E-state index < -0.39 is 0 Å². The maximum atomic E-state index is 5.48. The third kappa shape index (κ3) is 6.34. The Balaban J connectivity index is 1.00. The van der Waals surface area contributed by atoms with Crippen LogP contribution < -0.4 is 0 Å². The first-order chi connectivity index (χ1) is 35.6. The highest BCUT2D eigenvalue weighted by molar-refractivity contribution is 6.24. The van der Waals surface area contributed by atoms with Crippen LogP contribution in [0.4, 0.5) is 0 Å². The molecule has 0 N–H and O–H groups in total. The van der Waals surface area contributed by atoms with Gasteiger partial charge in [-0.05, 0) is 113 Å². The van der Waals surface area contributed by atoms with Gasteiger partial charge in [-0.2, -0.15) is 0 Å². The van der Waals surface area contributed by atoms with Crippen molar-refractivity contribution in [2.24, 2.45) is 0 Å². The second-order valence-corrected chi connectivity index (χ2v) is 18.5. The van der Waals surface area contributed by atoms with Crippen LogP contribution in [0.15, 0.2) is 237 Å². The van der Waals surface area contributed by atoms with E-state index >= 15 is 0 Å². The second kappa shape index (κ2) is 16.5. The lowest BCUT2D eigenvalue weighted by Gasteiger charge is -2.14. The number of hydrogen-bond donors (Lipinski definition) is 0. The van der Waals surface area contributed by atoms with Crippen molar-refractivity contribution in [1.29, 1.82) is 0 Å². The molecule has 10 aromatic carbocycles. The Labute approximate surface area is 416 Å². The Morgan fingerprint density at radius 2 is 0.986 bits per heavy atom. The molecule has 0 saturated heterocycles. The molecular weight excluding hydrogens is 875 g/mol. The third-order valence-corrected chi connectivity index (χ3v) is 14.5. The molecule has 14 rings (SSSR count). The SMILES string of the molecule is C=Cc1c(/C=C\C)n(-c2ccc3c(c2)c2ccccc2n3-c2nc(-c3cccc4ccccc34)c3ccccc3n2)c2ccc3c(c4ccccc4n3-c3cc(-c4ccccc4)cc(-c4ccccc4)c3)c12. The van der Waals surface area contributed by atoms with E-state index in [1.165, 1.54) is 43.8 Å². The summed E-state index contributed by atoms with van der Waals surface area (Å²) in [5, 5.41) is 9.15. The Bertz CT molecular complexity index is 4470. The van der Waals surface area contributed by atoms with Crippen LogP contribution in [0.3, 0.4) is 0 Å². The molecule has 0 saturated carbocycles. The number of nitrogens with zero attached hydrogens (tertiary/aromatic N) is 5. The van der Waals surface area contributed by atoms with Gasteiger partial charge >= 0.3 is 0 Å². The van der Waals surface area contributed by atoms with Crippen molar-refractivity contribution >= 4 is 88.3 Å². The van der Waals surface area contributed by atoms with E-state index in [2.05, 4.69) is 264 Å². The van der Waals surface area contributed by atoms with E-state index in [9.17, 15) is 0 Å². The van der Waals surface area contributed by atoms with Gasteiger partial charge in [-0.3, -0.25) is 4.57 Å². The topological polar surface area (TPSA) is 40.6 Å². The van der Waals surface area contributed by atoms with Gasteiger partial charge in [0, 0.05) is 54.8 Å². The van der Waals surface area contributed by atoms with Crippen LogP contribution in [-0.4, -0.2) is 23.7 Å². The quantitative estimate of drug-likeness (QED) is 0.152. The molecule has 14 aromatic rings. The summed E-state index contributed by atoms with van der Waals surface area (Å²) in [6.45, 7) is 6.59. The molecule has 0 aliphatic rings. The van der Waals surface area contributed by atoms with E-state index in [0.29, 0.717) is 5.95 Å². The van der Waals surface area contributed by atoms with E-state index in [0.717, 1.165) is 88.5 Å². The Kier molecular flexibility index (Phi) is 9.51. The maximum Gasteiger partial charge on any atom is 0.235 e. The maximum absolute atomic E-state index is 5.48. The first-order valence-corrected chi connectivity index (χ1v) is 24.6. The van der Waals surface area contributed by atoms with Gasteiger partial charge in [0.2, 0.25) is 5.95 Å². The van der Waals surface area contributed by atoms with Crippen LogP contribution in [0.1, 0.15) is 18.2 Å². The number of allylic oxidation sites excluding steroid dienone is 1. The predicted molar refractivity (Wildman–Crippen MR) is 304 cm³/mol. The summed E-state index contributed by atoms with van der Waals surface area (Å²) >= 11 is 0. The van der Waals surface area contributed by atoms with Gasteiger partial charge in [-0.25, -0.2) is 9.97 Å². The number of hydrogen-bond acceptors (Lipinski definition) is 2. The molecule has 0 amide bonds. The minimum atomic E-state index is 0.634. The van der Waals surface area contributed by atoms with E-state index in [-0.39, 0.29) is 0 Å². The van der Waals surface area contributed by atoms with Gasteiger partial charge < -0.3 is 9.13 Å². The van der Waals surface area contributed by atoms with Crippen LogP contribution >= 0.6 is 0 Å². The molecule has 5 heteroatoms. The normalized spacial score (nSPS) is 12.0. The molecule has 0 aliphatic heterocycles. The van der Waals surface area contributed by atoms with Gasteiger partial charge in [0.25, 0.3) is 0 Å². The average Bonchev–Trinajstić information content (AvgIpc) is 4.08. The molecule has 0 spiro atoms. The summed E-state index contributed by atoms with van der Waals surface area (Å²) in [7, 11) is 0. The number of aromatic nitrogens is 5. The molecule has 0 fully saturated rings. The lowest BCUT2D eigenvalue weighted by atomic mass is 9.98. The standard InChI is InChI=1S/C67H45N5/c1-3-20-58-50(4-2)64-62(37-38-63-65(64)55-30-15-18-34-60(55)71(63)49-40-46(43-21-7-5-8-22-43)39-47(41-49)44-23-9-6-10-24-44)70(58)48-35-36-61-56(42-48)52-28-14-17-33-59(52)72(61)67-68-57-32-16-13-29-54(57)66(69-67)53-31-19-26-45-25-11-12-27-51(45)53/h3-42H,2H2,1H3/b20-3-. The number of benzene rings is 10. The summed E-state index contributed by atoms with van der Waals surface area (Å²) in [5.41, 5.74) is 17.4. The lowest BCUT2D eigenvalue weighted by Crippen LogP contribution is -2.04. The molecular formula is C67H45N5. The first-order valence-electron chi connectivity index (χ1n) is 24.6. The number of fused-ring (bicyclic) bond motifs is 10. The number of para-hydroxylation sites is 3. The van der Waals surface area contributed by atoms with Gasteiger partial charge in [0.15, 0.2) is 0 Å².